The Kier molecular flexibility index (Phi) is 10.9. The molecule has 0 aliphatic heterocycles. The molecule has 8 rings (SSSR count). The minimum atomic E-state index is -1.39. The predicted molar refractivity (Wildman–Crippen MR) is 242 cm³/mol. The molecule has 1 heterocycles. The van der Waals surface area contributed by atoms with Crippen LogP contribution in [0.15, 0.2) is 189 Å². The van der Waals surface area contributed by atoms with Gasteiger partial charge in [-0.2, -0.15) is 22.7 Å². The summed E-state index contributed by atoms with van der Waals surface area (Å²) in [5, 5.41) is 1.68. The molecule has 0 bridgehead atoms. The van der Waals surface area contributed by atoms with Crippen LogP contribution >= 0.6 is 11.3 Å². The zero-order valence-corrected chi connectivity index (χ0v) is 33.6. The lowest BCUT2D eigenvalue weighted by molar-refractivity contribution is 0.874. The fraction of sp³-hybridized carbons (Fsp3) is 0.157. The Morgan fingerprint density at radius 3 is 1.67 bits per heavy atom. The topological polar surface area (TPSA) is 17.1 Å². The molecule has 0 amide bonds. The first-order chi connectivity index (χ1) is 27.1. The molecule has 0 atom stereocenters. The monoisotopic (exact) mass is 750 g/mol. The summed E-state index contributed by atoms with van der Waals surface area (Å²) in [4.78, 5) is 19.2. The Balaban J connectivity index is 1.46. The molecule has 0 spiro atoms. The van der Waals surface area contributed by atoms with E-state index in [2.05, 4.69) is 191 Å². The van der Waals surface area contributed by atoms with E-state index in [1.807, 2.05) is 0 Å². The molecule has 0 unspecified atom stereocenters. The van der Waals surface area contributed by atoms with Crippen molar-refractivity contribution in [1.82, 2.24) is 0 Å². The van der Waals surface area contributed by atoms with Crippen LogP contribution in [0.3, 0.4) is 0 Å². The Hall–Kier alpha value is -5.16. The summed E-state index contributed by atoms with van der Waals surface area (Å²) in [5.41, 5.74) is 8.93. The summed E-state index contributed by atoms with van der Waals surface area (Å²) in [6, 6.07) is 61.8. The van der Waals surface area contributed by atoms with E-state index in [1.165, 1.54) is 42.9 Å². The molecule has 0 aliphatic rings. The zero-order valence-electron chi connectivity index (χ0n) is 32.0. The largest absolute Gasteiger partial charge is 0.288 e. The number of rotatable bonds is 12. The summed E-state index contributed by atoms with van der Waals surface area (Å²) in [5.74, 6) is 0. The number of hydrogen-bond acceptors (Lipinski definition) is 2. The summed E-state index contributed by atoms with van der Waals surface area (Å²) in [6.45, 7) is 6.76. The number of benzene rings is 7. The lowest BCUT2D eigenvalue weighted by Crippen LogP contribution is -2.67. The van der Waals surface area contributed by atoms with Crippen LogP contribution in [-0.4, -0.2) is 6.15 Å². The Morgan fingerprint density at radius 1 is 0.564 bits per heavy atom. The zero-order chi connectivity index (χ0) is 37.8. The predicted octanol–water partition coefficient (Wildman–Crippen LogP) is 11.6. The van der Waals surface area contributed by atoms with Crippen LogP contribution in [-0.2, 0) is 23.7 Å². The van der Waals surface area contributed by atoms with E-state index in [-0.39, 0.29) is 16.3 Å². The van der Waals surface area contributed by atoms with Gasteiger partial charge in [-0.3, -0.25) is 4.79 Å². The smallest absolute Gasteiger partial charge is 0.196 e. The molecule has 1 nitrogen and oxygen atoms in total. The van der Waals surface area contributed by atoms with Gasteiger partial charge in [0.1, 0.15) is 0 Å². The molecular weight excluding hydrogens is 704 g/mol. The van der Waals surface area contributed by atoms with Crippen molar-refractivity contribution in [3.8, 4) is 11.1 Å². The molecule has 1 aromatic heterocycles. The second-order valence-electron chi connectivity index (χ2n) is 14.6. The number of unbranched alkanes of at least 4 members (excludes halogenated alkanes) is 1. The average molecular weight is 751 g/mol. The van der Waals surface area contributed by atoms with Gasteiger partial charge >= 0.3 is 0 Å². The summed E-state index contributed by atoms with van der Waals surface area (Å²) in [6.07, 6.45) is 3.55. The van der Waals surface area contributed by atoms with Crippen molar-refractivity contribution in [3.05, 3.63) is 191 Å². The first-order valence-corrected chi connectivity index (χ1v) is 21.9. The van der Waals surface area contributed by atoms with Crippen LogP contribution < -0.4 is 21.8 Å². The van der Waals surface area contributed by atoms with E-state index >= 15 is 4.79 Å². The second kappa shape index (κ2) is 16.3. The van der Waals surface area contributed by atoms with Crippen molar-refractivity contribution in [3.63, 3.8) is 0 Å². The van der Waals surface area contributed by atoms with Crippen molar-refractivity contribution in [2.24, 2.45) is 0 Å². The first-order valence-electron chi connectivity index (χ1n) is 19.9. The lowest BCUT2D eigenvalue weighted by atomic mass is 9.13. The summed E-state index contributed by atoms with van der Waals surface area (Å²) < 4.78 is 2.16. The van der Waals surface area contributed by atoms with Crippen molar-refractivity contribution in [2.45, 2.75) is 67.5 Å². The van der Waals surface area contributed by atoms with E-state index in [0.717, 1.165) is 62.6 Å². The quantitative estimate of drug-likeness (QED) is 0.0690. The Morgan fingerprint density at radius 2 is 1.11 bits per heavy atom. The van der Waals surface area contributed by atoms with Gasteiger partial charge in [0.15, 0.2) is 20.1 Å². The van der Waals surface area contributed by atoms with Gasteiger partial charge in [-0.05, 0) is 65.9 Å². The third-order valence-electron chi connectivity index (χ3n) is 11.5. The molecular formula is C51H47BOS2. The van der Waals surface area contributed by atoms with Gasteiger partial charge in [0, 0.05) is 26.2 Å². The Bertz CT molecular complexity index is 2540. The minimum absolute atomic E-state index is 0.135. The maximum atomic E-state index is 15.6. The molecule has 0 N–H and O–H groups in total. The molecule has 272 valence electrons. The fourth-order valence-corrected chi connectivity index (χ4v) is 12.3. The van der Waals surface area contributed by atoms with E-state index in [9.17, 15) is 0 Å². The van der Waals surface area contributed by atoms with E-state index < -0.39 is 6.15 Å². The van der Waals surface area contributed by atoms with Crippen LogP contribution in [0.1, 0.15) is 44.7 Å². The number of hydrogen-bond donors (Lipinski definition) is 0. The van der Waals surface area contributed by atoms with Gasteiger partial charge in [0.25, 0.3) is 0 Å². The van der Waals surface area contributed by atoms with Crippen molar-refractivity contribution < 1.29 is 0 Å². The molecule has 0 radical (unpaired) electrons. The Labute approximate surface area is 333 Å². The SMILES string of the molecule is CCCC[B-](c1ccccc1)(c1ccccc1)c1ccccc1-c1c(CC)cc(CC)c2sc3ccc([S+](c4ccccc4)c4ccccc4)cc3c(=O)c12. The minimum Gasteiger partial charge on any atom is -0.288 e. The number of aryl methyl sites for hydroxylation is 2. The van der Waals surface area contributed by atoms with Gasteiger partial charge in [-0.25, -0.2) is 0 Å². The van der Waals surface area contributed by atoms with Crippen LogP contribution in [0.25, 0.3) is 31.3 Å². The first kappa shape index (κ1) is 36.8. The summed E-state index contributed by atoms with van der Waals surface area (Å²) >= 11 is 1.78. The van der Waals surface area contributed by atoms with E-state index in [1.54, 1.807) is 11.3 Å². The fourth-order valence-electron chi connectivity index (χ4n) is 8.90. The molecule has 0 saturated carbocycles. The van der Waals surface area contributed by atoms with E-state index in [0.29, 0.717) is 0 Å². The number of fused-ring (bicyclic) bond motifs is 2. The molecule has 55 heavy (non-hydrogen) atoms. The highest BCUT2D eigenvalue weighted by atomic mass is 32.2. The third-order valence-corrected chi connectivity index (χ3v) is 15.0. The van der Waals surface area contributed by atoms with Crippen molar-refractivity contribution in [1.29, 1.82) is 0 Å². The molecule has 7 aromatic carbocycles. The molecule has 0 fully saturated rings. The second-order valence-corrected chi connectivity index (χ2v) is 17.7. The van der Waals surface area contributed by atoms with Crippen LogP contribution in [0, 0.1) is 0 Å². The molecule has 0 saturated heterocycles. The van der Waals surface area contributed by atoms with Gasteiger partial charge in [-0.1, -0.05) is 167 Å². The van der Waals surface area contributed by atoms with Gasteiger partial charge < -0.3 is 0 Å². The molecule has 0 aliphatic carbocycles. The van der Waals surface area contributed by atoms with Crippen molar-refractivity contribution >= 4 is 64.9 Å². The summed E-state index contributed by atoms with van der Waals surface area (Å²) in [7, 11) is -0.359. The highest BCUT2D eigenvalue weighted by molar-refractivity contribution is 7.97. The maximum absolute atomic E-state index is 15.6. The molecule has 4 heteroatoms. The third kappa shape index (κ3) is 6.77. The maximum Gasteiger partial charge on any atom is 0.196 e. The molecule has 8 aromatic rings. The highest BCUT2D eigenvalue weighted by Gasteiger charge is 2.33. The van der Waals surface area contributed by atoms with Crippen LogP contribution in [0.5, 0.6) is 0 Å². The van der Waals surface area contributed by atoms with Gasteiger partial charge in [0.05, 0.1) is 17.0 Å². The normalized spacial score (nSPS) is 11.8. The van der Waals surface area contributed by atoms with Crippen molar-refractivity contribution in [2.75, 3.05) is 0 Å². The van der Waals surface area contributed by atoms with Gasteiger partial charge in [-0.15, -0.1) is 11.3 Å². The highest BCUT2D eigenvalue weighted by Crippen LogP contribution is 2.40. The van der Waals surface area contributed by atoms with E-state index in [4.69, 9.17) is 0 Å². The lowest BCUT2D eigenvalue weighted by Gasteiger charge is -2.45. The van der Waals surface area contributed by atoms with Crippen LogP contribution in [0.2, 0.25) is 6.32 Å². The average Bonchev–Trinajstić information content (AvgIpc) is 3.25. The van der Waals surface area contributed by atoms with Gasteiger partial charge in [0.2, 0.25) is 0 Å². The standard InChI is InChI=1S/C51H47BOS2/c1-4-7-34-52(39-22-12-8-13-23-39,40-24-14-9-15-25-40)46-31-21-20-30-44(46)48-37(5-2)35-38(6-3)51-49(48)50(53)45-36-43(32-33-47(45)54-51)55(41-26-16-10-17-27-41)42-28-18-11-19-29-42/h8-33,35-36H,4-7,34H2,1-3H3. The van der Waals surface area contributed by atoms with Crippen LogP contribution in [0.4, 0.5) is 0 Å².